The Morgan fingerprint density at radius 2 is 1.88 bits per heavy atom. The van der Waals surface area contributed by atoms with Gasteiger partial charge in [-0.3, -0.25) is 4.79 Å². The average molecular weight is 226 g/mol. The fourth-order valence-electron chi connectivity index (χ4n) is 1.19. The summed E-state index contributed by atoms with van der Waals surface area (Å²) in [7, 11) is 6.28. The van der Waals surface area contributed by atoms with Gasteiger partial charge in [0.05, 0.1) is 14.2 Å². The van der Waals surface area contributed by atoms with Crippen molar-refractivity contribution in [2.75, 3.05) is 33.2 Å². The molecule has 1 aromatic heterocycles. The maximum atomic E-state index is 11.3. The smallest absolute Gasteiger partial charge is 0.321 e. The molecule has 0 aliphatic carbocycles. The Morgan fingerprint density at radius 1 is 1.25 bits per heavy atom. The fraction of sp³-hybridized carbons (Fsp3) is 0.444. The van der Waals surface area contributed by atoms with Crippen LogP contribution in [0.4, 0.5) is 5.82 Å². The number of amides is 1. The van der Waals surface area contributed by atoms with Crippen LogP contribution < -0.4 is 20.1 Å². The van der Waals surface area contributed by atoms with Crippen LogP contribution in [-0.4, -0.2) is 44.2 Å². The van der Waals surface area contributed by atoms with E-state index in [0.717, 1.165) is 0 Å². The first-order chi connectivity index (χ1) is 7.51. The SMILES string of the molecule is COc1nc(OC)c(C(N)=O)c(N(C)C)n1. The van der Waals surface area contributed by atoms with Crippen LogP contribution in [0.5, 0.6) is 11.9 Å². The van der Waals surface area contributed by atoms with Crippen molar-refractivity contribution >= 4 is 11.7 Å². The normalized spacial score (nSPS) is 9.75. The van der Waals surface area contributed by atoms with Crippen molar-refractivity contribution in [1.29, 1.82) is 0 Å². The molecule has 1 rings (SSSR count). The number of hydrogen-bond acceptors (Lipinski definition) is 6. The van der Waals surface area contributed by atoms with Crippen LogP contribution in [-0.2, 0) is 0 Å². The van der Waals surface area contributed by atoms with Crippen molar-refractivity contribution < 1.29 is 14.3 Å². The van der Waals surface area contributed by atoms with Crippen LogP contribution in [0.1, 0.15) is 10.4 Å². The zero-order valence-electron chi connectivity index (χ0n) is 9.64. The molecule has 0 spiro atoms. The molecule has 1 aromatic rings. The Labute approximate surface area is 93.2 Å². The van der Waals surface area contributed by atoms with Crippen molar-refractivity contribution in [1.82, 2.24) is 9.97 Å². The third-order valence-corrected chi connectivity index (χ3v) is 1.88. The molecule has 88 valence electrons. The number of primary amides is 1. The number of ether oxygens (including phenoxy) is 2. The number of rotatable bonds is 4. The number of anilines is 1. The minimum absolute atomic E-state index is 0.100. The lowest BCUT2D eigenvalue weighted by atomic mass is 10.2. The number of carbonyl (C=O) groups is 1. The van der Waals surface area contributed by atoms with Gasteiger partial charge in [0, 0.05) is 14.1 Å². The molecule has 7 nitrogen and oxygen atoms in total. The van der Waals surface area contributed by atoms with E-state index >= 15 is 0 Å². The highest BCUT2D eigenvalue weighted by molar-refractivity contribution is 6.00. The summed E-state index contributed by atoms with van der Waals surface area (Å²) >= 11 is 0. The molecule has 0 unspecified atom stereocenters. The van der Waals surface area contributed by atoms with Gasteiger partial charge in [-0.1, -0.05) is 0 Å². The van der Waals surface area contributed by atoms with E-state index in [1.54, 1.807) is 19.0 Å². The lowest BCUT2D eigenvalue weighted by molar-refractivity contribution is 0.0996. The van der Waals surface area contributed by atoms with Gasteiger partial charge in [-0.25, -0.2) is 0 Å². The Kier molecular flexibility index (Phi) is 3.49. The first-order valence-corrected chi connectivity index (χ1v) is 4.48. The van der Waals surface area contributed by atoms with Crippen LogP contribution in [0.3, 0.4) is 0 Å². The van der Waals surface area contributed by atoms with Crippen LogP contribution >= 0.6 is 0 Å². The number of aromatic nitrogens is 2. The van der Waals surface area contributed by atoms with E-state index < -0.39 is 5.91 Å². The molecule has 0 fully saturated rings. The molecule has 1 amide bonds. The van der Waals surface area contributed by atoms with Crippen molar-refractivity contribution in [2.24, 2.45) is 5.73 Å². The molecule has 0 aliphatic heterocycles. The zero-order valence-corrected chi connectivity index (χ0v) is 9.64. The minimum Gasteiger partial charge on any atom is -0.480 e. The predicted molar refractivity (Wildman–Crippen MR) is 58.0 cm³/mol. The average Bonchev–Trinajstić information content (AvgIpc) is 2.26. The van der Waals surface area contributed by atoms with E-state index in [0.29, 0.717) is 5.82 Å². The Hall–Kier alpha value is -2.05. The maximum absolute atomic E-state index is 11.3. The van der Waals surface area contributed by atoms with E-state index in [4.69, 9.17) is 15.2 Å². The number of hydrogen-bond donors (Lipinski definition) is 1. The highest BCUT2D eigenvalue weighted by atomic mass is 16.5. The molecule has 0 aromatic carbocycles. The van der Waals surface area contributed by atoms with Crippen LogP contribution in [0, 0.1) is 0 Å². The summed E-state index contributed by atoms with van der Waals surface area (Å²) in [4.78, 5) is 20.9. The van der Waals surface area contributed by atoms with E-state index in [1.807, 2.05) is 0 Å². The van der Waals surface area contributed by atoms with Crippen molar-refractivity contribution in [2.45, 2.75) is 0 Å². The van der Waals surface area contributed by atoms with E-state index in [9.17, 15) is 4.79 Å². The monoisotopic (exact) mass is 226 g/mol. The number of nitrogens with two attached hydrogens (primary N) is 1. The quantitative estimate of drug-likeness (QED) is 0.755. The summed E-state index contributed by atoms with van der Waals surface area (Å²) in [6.45, 7) is 0. The molecule has 0 saturated heterocycles. The van der Waals surface area contributed by atoms with Gasteiger partial charge in [0.15, 0.2) is 5.82 Å². The molecular weight excluding hydrogens is 212 g/mol. The van der Waals surface area contributed by atoms with Crippen molar-refractivity contribution in [3.05, 3.63) is 5.56 Å². The van der Waals surface area contributed by atoms with Gasteiger partial charge in [-0.05, 0) is 0 Å². The summed E-state index contributed by atoms with van der Waals surface area (Å²) in [6, 6.07) is 0.116. The molecular formula is C9H14N4O3. The van der Waals surface area contributed by atoms with Gasteiger partial charge in [0.2, 0.25) is 5.88 Å². The molecule has 0 atom stereocenters. The summed E-state index contributed by atoms with van der Waals surface area (Å²) in [5, 5.41) is 0. The second-order valence-electron chi connectivity index (χ2n) is 3.18. The van der Waals surface area contributed by atoms with Crippen molar-refractivity contribution in [3.8, 4) is 11.9 Å². The Bertz CT molecular complexity index is 406. The number of nitrogens with zero attached hydrogens (tertiary/aromatic N) is 3. The summed E-state index contributed by atoms with van der Waals surface area (Å²) in [5.41, 5.74) is 5.39. The lowest BCUT2D eigenvalue weighted by Gasteiger charge is -2.16. The predicted octanol–water partition coefficient (Wildman–Crippen LogP) is -0.341. The summed E-state index contributed by atoms with van der Waals surface area (Å²) in [5.74, 6) is -0.192. The number of methoxy groups -OCH3 is 2. The molecule has 16 heavy (non-hydrogen) atoms. The Balaban J connectivity index is 3.47. The molecule has 2 N–H and O–H groups in total. The van der Waals surface area contributed by atoms with Crippen LogP contribution in [0.25, 0.3) is 0 Å². The molecule has 0 bridgehead atoms. The third kappa shape index (κ3) is 2.13. The van der Waals surface area contributed by atoms with Gasteiger partial charge < -0.3 is 20.1 Å². The highest BCUT2D eigenvalue weighted by Crippen LogP contribution is 2.26. The van der Waals surface area contributed by atoms with E-state index in [-0.39, 0.29) is 17.5 Å². The maximum Gasteiger partial charge on any atom is 0.321 e. The third-order valence-electron chi connectivity index (χ3n) is 1.88. The standard InChI is InChI=1S/C9H14N4O3/c1-13(2)7-5(6(10)14)8(15-3)12-9(11-7)16-4/h1-4H3,(H2,10,14). The first-order valence-electron chi connectivity index (χ1n) is 4.48. The van der Waals surface area contributed by atoms with Gasteiger partial charge in [-0.2, -0.15) is 9.97 Å². The van der Waals surface area contributed by atoms with E-state index in [1.165, 1.54) is 14.2 Å². The lowest BCUT2D eigenvalue weighted by Crippen LogP contribution is -2.22. The highest BCUT2D eigenvalue weighted by Gasteiger charge is 2.21. The summed E-state index contributed by atoms with van der Waals surface area (Å²) < 4.78 is 9.88. The second kappa shape index (κ2) is 4.65. The zero-order chi connectivity index (χ0) is 12.3. The van der Waals surface area contributed by atoms with Crippen molar-refractivity contribution in [3.63, 3.8) is 0 Å². The van der Waals surface area contributed by atoms with Gasteiger partial charge >= 0.3 is 6.01 Å². The largest absolute Gasteiger partial charge is 0.480 e. The second-order valence-corrected chi connectivity index (χ2v) is 3.18. The summed E-state index contributed by atoms with van der Waals surface area (Å²) in [6.07, 6.45) is 0. The Morgan fingerprint density at radius 3 is 2.25 bits per heavy atom. The topological polar surface area (TPSA) is 90.6 Å². The van der Waals surface area contributed by atoms with E-state index in [2.05, 4.69) is 9.97 Å². The fourth-order valence-corrected chi connectivity index (χ4v) is 1.19. The van der Waals surface area contributed by atoms with Crippen LogP contribution in [0.15, 0.2) is 0 Å². The van der Waals surface area contributed by atoms with Gasteiger partial charge in [-0.15, -0.1) is 0 Å². The molecule has 0 aliphatic rings. The molecule has 1 heterocycles. The van der Waals surface area contributed by atoms with Gasteiger partial charge in [0.25, 0.3) is 5.91 Å². The minimum atomic E-state index is -0.650. The molecule has 0 saturated carbocycles. The first kappa shape index (κ1) is 12.0. The van der Waals surface area contributed by atoms with Crippen LogP contribution in [0.2, 0.25) is 0 Å². The molecule has 7 heteroatoms. The van der Waals surface area contributed by atoms with Gasteiger partial charge in [0.1, 0.15) is 5.56 Å². The number of carbonyl (C=O) groups excluding carboxylic acids is 1. The molecule has 0 radical (unpaired) electrons.